The summed E-state index contributed by atoms with van der Waals surface area (Å²) in [4.78, 5) is 12.1. The lowest BCUT2D eigenvalue weighted by atomic mass is 9.98. The first-order chi connectivity index (χ1) is 8.63. The number of rotatable bonds is 4. The van der Waals surface area contributed by atoms with Crippen LogP contribution in [0.1, 0.15) is 43.6 Å². The molecule has 2 atom stereocenters. The Labute approximate surface area is 108 Å². The van der Waals surface area contributed by atoms with Gasteiger partial charge in [0.25, 0.3) is 5.91 Å². The molecule has 5 heteroatoms. The summed E-state index contributed by atoms with van der Waals surface area (Å²) in [6.07, 6.45) is 5.30. The molecule has 1 saturated carbocycles. The van der Waals surface area contributed by atoms with Crippen LogP contribution in [0.15, 0.2) is 6.20 Å². The monoisotopic (exact) mass is 250 g/mol. The molecule has 18 heavy (non-hydrogen) atoms. The summed E-state index contributed by atoms with van der Waals surface area (Å²) in [5.41, 5.74) is 6.73. The number of nitrogens with one attached hydrogen (secondary N) is 1. The highest BCUT2D eigenvalue weighted by Crippen LogP contribution is 2.30. The van der Waals surface area contributed by atoms with Gasteiger partial charge in [-0.25, -0.2) is 0 Å². The van der Waals surface area contributed by atoms with Crippen LogP contribution in [0.3, 0.4) is 0 Å². The predicted octanol–water partition coefficient (Wildman–Crippen LogP) is 1.65. The van der Waals surface area contributed by atoms with Gasteiger partial charge in [-0.1, -0.05) is 19.8 Å². The summed E-state index contributed by atoms with van der Waals surface area (Å²) >= 11 is 0. The molecule has 1 heterocycles. The zero-order chi connectivity index (χ0) is 13.1. The zero-order valence-corrected chi connectivity index (χ0v) is 11.1. The largest absolute Gasteiger partial charge is 0.396 e. The molecule has 5 nitrogen and oxygen atoms in total. The van der Waals surface area contributed by atoms with Crippen LogP contribution in [-0.2, 0) is 6.54 Å². The molecule has 0 spiro atoms. The third-order valence-corrected chi connectivity index (χ3v) is 3.95. The van der Waals surface area contributed by atoms with Gasteiger partial charge < -0.3 is 11.1 Å². The van der Waals surface area contributed by atoms with Crippen LogP contribution in [0.4, 0.5) is 5.69 Å². The molecule has 2 unspecified atom stereocenters. The molecule has 1 fully saturated rings. The van der Waals surface area contributed by atoms with Crippen molar-refractivity contribution in [1.29, 1.82) is 0 Å². The number of amides is 1. The average molecular weight is 250 g/mol. The maximum Gasteiger partial charge on any atom is 0.271 e. The summed E-state index contributed by atoms with van der Waals surface area (Å²) in [7, 11) is 0. The number of nitrogens with zero attached hydrogens (tertiary/aromatic N) is 2. The Bertz CT molecular complexity index is 427. The fourth-order valence-corrected chi connectivity index (χ4v) is 2.72. The predicted molar refractivity (Wildman–Crippen MR) is 71.2 cm³/mol. The summed E-state index contributed by atoms with van der Waals surface area (Å²) in [6.45, 7) is 5.60. The van der Waals surface area contributed by atoms with Crippen LogP contribution >= 0.6 is 0 Å². The maximum absolute atomic E-state index is 12.1. The molecule has 1 amide bonds. The van der Waals surface area contributed by atoms with Gasteiger partial charge in [0, 0.05) is 13.1 Å². The second-order valence-corrected chi connectivity index (χ2v) is 5.14. The highest BCUT2D eigenvalue weighted by atomic mass is 16.2. The van der Waals surface area contributed by atoms with E-state index >= 15 is 0 Å². The Balaban J connectivity index is 1.97. The van der Waals surface area contributed by atoms with E-state index in [0.29, 0.717) is 29.8 Å². The highest BCUT2D eigenvalue weighted by Gasteiger charge is 2.24. The van der Waals surface area contributed by atoms with Gasteiger partial charge in [0.2, 0.25) is 0 Å². The number of nitrogens with two attached hydrogens (primary N) is 1. The first kappa shape index (κ1) is 12.9. The number of hydrogen-bond donors (Lipinski definition) is 2. The van der Waals surface area contributed by atoms with Gasteiger partial charge in [-0.3, -0.25) is 9.48 Å². The van der Waals surface area contributed by atoms with Crippen molar-refractivity contribution in [3.8, 4) is 0 Å². The van der Waals surface area contributed by atoms with Gasteiger partial charge in [-0.2, -0.15) is 5.10 Å². The van der Waals surface area contributed by atoms with Crippen LogP contribution in [0.2, 0.25) is 0 Å². The van der Waals surface area contributed by atoms with E-state index in [1.54, 1.807) is 4.68 Å². The summed E-state index contributed by atoms with van der Waals surface area (Å²) < 4.78 is 1.64. The number of aromatic nitrogens is 2. The molecule has 100 valence electrons. The van der Waals surface area contributed by atoms with Crippen molar-refractivity contribution < 1.29 is 4.79 Å². The van der Waals surface area contributed by atoms with Gasteiger partial charge in [-0.05, 0) is 25.2 Å². The number of hydrogen-bond acceptors (Lipinski definition) is 3. The van der Waals surface area contributed by atoms with Gasteiger partial charge >= 0.3 is 0 Å². The molecular weight excluding hydrogens is 228 g/mol. The van der Waals surface area contributed by atoms with E-state index in [9.17, 15) is 4.79 Å². The molecule has 0 radical (unpaired) electrons. The summed E-state index contributed by atoms with van der Waals surface area (Å²) in [5, 5.41) is 7.07. The van der Waals surface area contributed by atoms with Crippen LogP contribution in [-0.4, -0.2) is 22.2 Å². The number of anilines is 1. The molecule has 0 bridgehead atoms. The average Bonchev–Trinajstić information content (AvgIpc) is 2.92. The first-order valence-electron chi connectivity index (χ1n) is 6.73. The smallest absolute Gasteiger partial charge is 0.271 e. The fraction of sp³-hybridized carbons (Fsp3) is 0.692. The van der Waals surface area contributed by atoms with E-state index in [-0.39, 0.29) is 5.91 Å². The Hall–Kier alpha value is -1.52. The number of nitrogen functional groups attached to an aromatic ring is 1. The molecule has 0 saturated heterocycles. The fourth-order valence-electron chi connectivity index (χ4n) is 2.72. The van der Waals surface area contributed by atoms with Crippen molar-refractivity contribution in [3.05, 3.63) is 11.9 Å². The van der Waals surface area contributed by atoms with Gasteiger partial charge in [0.15, 0.2) is 0 Å². The lowest BCUT2D eigenvalue weighted by molar-refractivity contribution is 0.0935. The Morgan fingerprint density at radius 1 is 1.61 bits per heavy atom. The first-order valence-corrected chi connectivity index (χ1v) is 6.73. The molecule has 1 aliphatic rings. The summed E-state index contributed by atoms with van der Waals surface area (Å²) in [6, 6.07) is 0. The van der Waals surface area contributed by atoms with Gasteiger partial charge in [0.05, 0.1) is 11.9 Å². The van der Waals surface area contributed by atoms with Crippen molar-refractivity contribution >= 4 is 11.6 Å². The second kappa shape index (κ2) is 5.42. The highest BCUT2D eigenvalue weighted by molar-refractivity contribution is 5.97. The molecule has 1 aliphatic carbocycles. The SMILES string of the molecule is CCn1ncc(N)c1C(=O)NCC1CCCC1C. The normalized spacial score (nSPS) is 23.2. The lowest BCUT2D eigenvalue weighted by Crippen LogP contribution is -2.32. The number of carbonyl (C=O) groups is 1. The topological polar surface area (TPSA) is 72.9 Å². The van der Waals surface area contributed by atoms with Crippen molar-refractivity contribution in [1.82, 2.24) is 15.1 Å². The molecule has 0 aromatic carbocycles. The Morgan fingerprint density at radius 3 is 3.00 bits per heavy atom. The van der Waals surface area contributed by atoms with E-state index in [4.69, 9.17) is 5.73 Å². The van der Waals surface area contributed by atoms with Crippen LogP contribution in [0.25, 0.3) is 0 Å². The van der Waals surface area contributed by atoms with E-state index in [0.717, 1.165) is 6.54 Å². The standard InChI is InChI=1S/C13H22N4O/c1-3-17-12(11(14)8-16-17)13(18)15-7-10-6-4-5-9(10)2/h8-10H,3-7,14H2,1-2H3,(H,15,18). The van der Waals surface area contributed by atoms with Crippen LogP contribution in [0, 0.1) is 11.8 Å². The molecule has 0 aliphatic heterocycles. The molecule has 2 rings (SSSR count). The van der Waals surface area contributed by atoms with Gasteiger partial charge in [-0.15, -0.1) is 0 Å². The molecule has 1 aromatic heterocycles. The van der Waals surface area contributed by atoms with Gasteiger partial charge in [0.1, 0.15) is 5.69 Å². The maximum atomic E-state index is 12.1. The van der Waals surface area contributed by atoms with Crippen molar-refractivity contribution in [3.63, 3.8) is 0 Å². The summed E-state index contributed by atoms with van der Waals surface area (Å²) in [5.74, 6) is 1.21. The van der Waals surface area contributed by atoms with E-state index in [2.05, 4.69) is 17.3 Å². The lowest BCUT2D eigenvalue weighted by Gasteiger charge is -2.16. The third kappa shape index (κ3) is 2.49. The van der Waals surface area contributed by atoms with Crippen molar-refractivity contribution in [2.24, 2.45) is 11.8 Å². The second-order valence-electron chi connectivity index (χ2n) is 5.14. The molecule has 3 N–H and O–H groups in total. The number of carbonyl (C=O) groups excluding carboxylic acids is 1. The number of aryl methyl sites for hydroxylation is 1. The molecular formula is C13H22N4O. The Morgan fingerprint density at radius 2 is 2.39 bits per heavy atom. The minimum Gasteiger partial charge on any atom is -0.396 e. The van der Waals surface area contributed by atoms with E-state index in [1.165, 1.54) is 25.5 Å². The Kier molecular flexibility index (Phi) is 3.89. The minimum absolute atomic E-state index is 0.106. The van der Waals surface area contributed by atoms with E-state index < -0.39 is 0 Å². The van der Waals surface area contributed by atoms with Crippen molar-refractivity contribution in [2.75, 3.05) is 12.3 Å². The zero-order valence-electron chi connectivity index (χ0n) is 11.1. The van der Waals surface area contributed by atoms with Crippen LogP contribution in [0.5, 0.6) is 0 Å². The quantitative estimate of drug-likeness (QED) is 0.853. The van der Waals surface area contributed by atoms with Crippen molar-refractivity contribution in [2.45, 2.75) is 39.7 Å². The van der Waals surface area contributed by atoms with E-state index in [1.807, 2.05) is 6.92 Å². The molecule has 1 aromatic rings. The third-order valence-electron chi connectivity index (χ3n) is 3.95. The minimum atomic E-state index is -0.106. The van der Waals surface area contributed by atoms with Crippen LogP contribution < -0.4 is 11.1 Å².